The monoisotopic (exact) mass is 709 g/mol. The number of aryl methyl sites for hydroxylation is 2. The molecule has 0 aliphatic heterocycles. The average molecular weight is 710 g/mol. The first-order valence-electron chi connectivity index (χ1n) is 16.1. The second-order valence-electron chi connectivity index (χ2n) is 13.6. The highest BCUT2D eigenvalue weighted by molar-refractivity contribution is 7.17. The van der Waals surface area contributed by atoms with Gasteiger partial charge in [-0.25, -0.2) is 14.6 Å². The summed E-state index contributed by atoms with van der Waals surface area (Å²) in [4.78, 5) is 66.7. The first-order valence-corrected chi connectivity index (χ1v) is 16.9. The molecule has 7 N–H and O–H groups in total. The van der Waals surface area contributed by atoms with E-state index in [9.17, 15) is 24.0 Å². The van der Waals surface area contributed by atoms with Crippen molar-refractivity contribution in [3.05, 3.63) is 76.3 Å². The molecule has 0 aliphatic carbocycles. The van der Waals surface area contributed by atoms with Crippen LogP contribution in [0.3, 0.4) is 0 Å². The molecular formula is C35H47N7O7S. The van der Waals surface area contributed by atoms with Gasteiger partial charge in [0.15, 0.2) is 5.13 Å². The van der Waals surface area contributed by atoms with Crippen molar-refractivity contribution in [1.82, 2.24) is 20.9 Å². The normalized spacial score (nSPS) is 12.5. The minimum atomic E-state index is -1.96. The number of hydrogen-bond donors (Lipinski definition) is 6. The summed E-state index contributed by atoms with van der Waals surface area (Å²) in [7, 11) is 0. The van der Waals surface area contributed by atoms with Gasteiger partial charge in [-0.2, -0.15) is 0 Å². The van der Waals surface area contributed by atoms with Gasteiger partial charge < -0.3 is 41.8 Å². The number of primary amides is 1. The molecule has 2 aromatic carbocycles. The molecule has 270 valence electrons. The van der Waals surface area contributed by atoms with Crippen molar-refractivity contribution < 1.29 is 33.4 Å². The van der Waals surface area contributed by atoms with Crippen LogP contribution < -0.4 is 32.3 Å². The van der Waals surface area contributed by atoms with Crippen LogP contribution >= 0.6 is 11.3 Å². The van der Waals surface area contributed by atoms with E-state index in [2.05, 4.69) is 31.6 Å². The third-order valence-electron chi connectivity index (χ3n) is 6.99. The van der Waals surface area contributed by atoms with Crippen LogP contribution in [-0.2, 0) is 38.3 Å². The summed E-state index contributed by atoms with van der Waals surface area (Å²) in [6, 6.07) is 16.5. The number of aromatic nitrogens is 1. The summed E-state index contributed by atoms with van der Waals surface area (Å²) in [6.45, 7) is 12.3. The van der Waals surface area contributed by atoms with Crippen LogP contribution in [0, 0.1) is 5.41 Å². The molecule has 1 atom stereocenters. The summed E-state index contributed by atoms with van der Waals surface area (Å²) < 4.78 is 11.1. The third kappa shape index (κ3) is 12.4. The standard InChI is InChI=1S/C35H47N7O7S/c1-22(43)39-31-40-26(28(50-31)29(45)38-20-19-37-27(44)21-24-11-9-8-10-12-24)18-15-23-13-16-25(17-14-23)41-35(33(2,3)4,48-30(36)46)49-32(47)42-34(5,6)7/h8-14,16-17,41H,15,18-21H2,1-7H3,(H2,36,46)(H,37,44)(H,38,45)(H,42,47)(H,39,40,43). The number of ether oxygens (including phenoxy) is 2. The fourth-order valence-corrected chi connectivity index (χ4v) is 5.56. The Morgan fingerprint density at radius 2 is 1.46 bits per heavy atom. The van der Waals surface area contributed by atoms with Crippen molar-refractivity contribution in [2.75, 3.05) is 23.7 Å². The maximum Gasteiger partial charge on any atom is 0.412 e. The summed E-state index contributed by atoms with van der Waals surface area (Å²) in [5.41, 5.74) is 6.59. The molecule has 5 amide bonds. The fraction of sp³-hybridized carbons (Fsp3) is 0.429. The lowest BCUT2D eigenvalue weighted by molar-refractivity contribution is -0.202. The number of nitrogens with one attached hydrogen (secondary N) is 5. The van der Waals surface area contributed by atoms with Crippen LogP contribution in [0.5, 0.6) is 0 Å². The quantitative estimate of drug-likeness (QED) is 0.101. The Morgan fingerprint density at radius 1 is 0.820 bits per heavy atom. The van der Waals surface area contributed by atoms with Gasteiger partial charge >= 0.3 is 18.1 Å². The number of alkyl carbamates (subject to hydrolysis) is 1. The number of thiazole rings is 1. The molecule has 1 aromatic heterocycles. The predicted octanol–water partition coefficient (Wildman–Crippen LogP) is 4.71. The lowest BCUT2D eigenvalue weighted by Gasteiger charge is -2.42. The van der Waals surface area contributed by atoms with E-state index in [0.717, 1.165) is 22.5 Å². The minimum absolute atomic E-state index is 0.152. The van der Waals surface area contributed by atoms with E-state index in [1.807, 2.05) is 42.5 Å². The molecule has 1 unspecified atom stereocenters. The first-order chi connectivity index (χ1) is 23.4. The van der Waals surface area contributed by atoms with E-state index in [1.165, 1.54) is 6.92 Å². The molecule has 0 spiro atoms. The molecule has 50 heavy (non-hydrogen) atoms. The second kappa shape index (κ2) is 17.0. The van der Waals surface area contributed by atoms with Crippen molar-refractivity contribution in [3.63, 3.8) is 0 Å². The molecule has 15 heteroatoms. The van der Waals surface area contributed by atoms with Crippen molar-refractivity contribution in [1.29, 1.82) is 0 Å². The Morgan fingerprint density at radius 3 is 2.04 bits per heavy atom. The van der Waals surface area contributed by atoms with Gasteiger partial charge in [0.25, 0.3) is 5.91 Å². The number of carbonyl (C=O) groups excluding carboxylic acids is 5. The largest absolute Gasteiger partial charge is 0.412 e. The zero-order valence-electron chi connectivity index (χ0n) is 29.5. The van der Waals surface area contributed by atoms with Gasteiger partial charge in [-0.3, -0.25) is 14.4 Å². The SMILES string of the molecule is CC(=O)Nc1nc(CCc2ccc(NC(OC(N)=O)(OC(=O)NC(C)(C)C)C(C)(C)C)cc2)c(C(=O)NCCNC(=O)Cc2ccccc2)s1. The lowest BCUT2D eigenvalue weighted by Crippen LogP contribution is -2.59. The van der Waals surface area contributed by atoms with E-state index in [1.54, 1.807) is 53.7 Å². The van der Waals surface area contributed by atoms with E-state index in [-0.39, 0.29) is 37.2 Å². The highest BCUT2D eigenvalue weighted by atomic mass is 32.1. The van der Waals surface area contributed by atoms with Gasteiger partial charge in [-0.05, 0) is 56.9 Å². The first kappa shape index (κ1) is 39.3. The van der Waals surface area contributed by atoms with Crippen molar-refractivity contribution in [3.8, 4) is 0 Å². The molecule has 1 heterocycles. The molecule has 0 saturated carbocycles. The van der Waals surface area contributed by atoms with Crippen LogP contribution in [0.25, 0.3) is 0 Å². The Bertz CT molecular complexity index is 1650. The number of hydrogen-bond acceptors (Lipinski definition) is 10. The number of anilines is 2. The van der Waals surface area contributed by atoms with Crippen molar-refractivity contribution >= 4 is 52.1 Å². The fourth-order valence-electron chi connectivity index (χ4n) is 4.58. The van der Waals surface area contributed by atoms with Crippen molar-refractivity contribution in [2.24, 2.45) is 11.1 Å². The zero-order chi connectivity index (χ0) is 37.1. The van der Waals surface area contributed by atoms with Crippen LogP contribution in [-0.4, -0.2) is 59.4 Å². The maximum absolute atomic E-state index is 13.1. The maximum atomic E-state index is 13.1. The Hall–Kier alpha value is -5.18. The highest BCUT2D eigenvalue weighted by Gasteiger charge is 2.50. The molecule has 3 aromatic rings. The molecule has 0 aliphatic rings. The second-order valence-corrected chi connectivity index (χ2v) is 14.6. The number of benzene rings is 2. The van der Waals surface area contributed by atoms with Crippen LogP contribution in [0.15, 0.2) is 54.6 Å². The topological polar surface area (TPSA) is 203 Å². The summed E-state index contributed by atoms with van der Waals surface area (Å²) >= 11 is 1.07. The summed E-state index contributed by atoms with van der Waals surface area (Å²) in [6.07, 6.45) is -0.834. The van der Waals surface area contributed by atoms with Gasteiger partial charge in [0.1, 0.15) is 4.88 Å². The predicted molar refractivity (Wildman–Crippen MR) is 192 cm³/mol. The molecule has 14 nitrogen and oxygen atoms in total. The molecule has 3 rings (SSSR count). The van der Waals surface area contributed by atoms with E-state index >= 15 is 0 Å². The van der Waals surface area contributed by atoms with E-state index in [0.29, 0.717) is 34.2 Å². The number of rotatable bonds is 14. The highest BCUT2D eigenvalue weighted by Crippen LogP contribution is 2.37. The molecule has 0 bridgehead atoms. The van der Waals surface area contributed by atoms with Crippen molar-refractivity contribution in [2.45, 2.75) is 79.2 Å². The molecular weight excluding hydrogens is 662 g/mol. The van der Waals surface area contributed by atoms with Crippen LogP contribution in [0.2, 0.25) is 0 Å². The third-order valence-corrected chi connectivity index (χ3v) is 8.00. The number of nitrogens with zero attached hydrogens (tertiary/aromatic N) is 1. The van der Waals surface area contributed by atoms with Gasteiger partial charge in [-0.1, -0.05) is 74.6 Å². The Kier molecular flexibility index (Phi) is 13.3. The summed E-state index contributed by atoms with van der Waals surface area (Å²) in [5.74, 6) is -2.79. The number of nitrogens with two attached hydrogens (primary N) is 1. The van der Waals surface area contributed by atoms with E-state index in [4.69, 9.17) is 15.2 Å². The molecule has 0 fully saturated rings. The zero-order valence-corrected chi connectivity index (χ0v) is 30.3. The lowest BCUT2D eigenvalue weighted by atomic mass is 9.90. The smallest absolute Gasteiger partial charge is 0.387 e. The number of amides is 5. The molecule has 0 radical (unpaired) electrons. The number of carbonyl (C=O) groups is 5. The van der Waals surface area contributed by atoms with E-state index < -0.39 is 29.1 Å². The minimum Gasteiger partial charge on any atom is -0.387 e. The van der Waals surface area contributed by atoms with Gasteiger partial charge in [0.2, 0.25) is 11.8 Å². The average Bonchev–Trinajstić information content (AvgIpc) is 3.39. The molecule has 0 saturated heterocycles. The summed E-state index contributed by atoms with van der Waals surface area (Å²) in [5, 5.41) is 14.3. The van der Waals surface area contributed by atoms with Gasteiger partial charge in [0.05, 0.1) is 17.5 Å². The van der Waals surface area contributed by atoms with Crippen LogP contribution in [0.1, 0.15) is 75.0 Å². The Labute approximate surface area is 296 Å². The van der Waals surface area contributed by atoms with Crippen LogP contribution in [0.4, 0.5) is 20.4 Å². The Balaban J connectivity index is 1.68. The van der Waals surface area contributed by atoms with Gasteiger partial charge in [0, 0.05) is 31.2 Å². The van der Waals surface area contributed by atoms with Gasteiger partial charge in [-0.15, -0.1) is 0 Å².